The number of carbonyl (C=O) groups excluding carboxylic acids is 3. The Bertz CT molecular complexity index is 1160. The molecule has 1 aromatic heterocycles. The number of para-hydroxylation sites is 1. The fourth-order valence-electron chi connectivity index (χ4n) is 3.42. The van der Waals surface area contributed by atoms with Crippen molar-refractivity contribution in [3.63, 3.8) is 0 Å². The highest BCUT2D eigenvalue weighted by molar-refractivity contribution is 9.10. The average molecular weight is 452 g/mol. The first-order valence-electron chi connectivity index (χ1n) is 9.26. The Labute approximate surface area is 176 Å². The van der Waals surface area contributed by atoms with Crippen molar-refractivity contribution in [2.45, 2.75) is 19.8 Å². The number of anilines is 1. The lowest BCUT2D eigenvalue weighted by Gasteiger charge is -2.13. The number of nitrogens with one attached hydrogen (secondary N) is 1. The third-order valence-electron chi connectivity index (χ3n) is 4.85. The molecule has 0 atom stereocenters. The Morgan fingerprint density at radius 1 is 1.07 bits per heavy atom. The molecule has 1 aliphatic rings. The molecule has 0 fully saturated rings. The third kappa shape index (κ3) is 3.78. The molecule has 7 heteroatoms. The Hall–Kier alpha value is -3.06. The highest BCUT2D eigenvalue weighted by Crippen LogP contribution is 2.26. The fourth-order valence-corrected chi connectivity index (χ4v) is 3.78. The van der Waals surface area contributed by atoms with Gasteiger partial charge in [-0.3, -0.25) is 24.3 Å². The molecular weight excluding hydrogens is 434 g/mol. The van der Waals surface area contributed by atoms with Crippen LogP contribution in [0.15, 0.2) is 53.0 Å². The van der Waals surface area contributed by atoms with E-state index in [9.17, 15) is 14.4 Å². The molecule has 0 bridgehead atoms. The third-order valence-corrected chi connectivity index (χ3v) is 5.35. The molecule has 3 amide bonds. The van der Waals surface area contributed by atoms with Crippen molar-refractivity contribution in [1.82, 2.24) is 9.88 Å². The van der Waals surface area contributed by atoms with Gasteiger partial charge in [-0.2, -0.15) is 0 Å². The normalized spacial score (nSPS) is 13.1. The monoisotopic (exact) mass is 451 g/mol. The van der Waals surface area contributed by atoms with Gasteiger partial charge >= 0.3 is 0 Å². The van der Waals surface area contributed by atoms with Gasteiger partial charge in [0.2, 0.25) is 5.91 Å². The predicted molar refractivity (Wildman–Crippen MR) is 114 cm³/mol. The molecule has 3 aromatic rings. The minimum Gasteiger partial charge on any atom is -0.324 e. The van der Waals surface area contributed by atoms with Gasteiger partial charge in [-0.05, 0) is 43.7 Å². The Kier molecular flexibility index (Phi) is 5.15. The van der Waals surface area contributed by atoms with E-state index in [4.69, 9.17) is 0 Å². The topological polar surface area (TPSA) is 79.4 Å². The number of hydrogen-bond acceptors (Lipinski definition) is 4. The van der Waals surface area contributed by atoms with Gasteiger partial charge in [-0.25, -0.2) is 0 Å². The number of halogens is 1. The zero-order valence-corrected chi connectivity index (χ0v) is 17.3. The molecule has 2 aromatic carbocycles. The van der Waals surface area contributed by atoms with E-state index in [1.807, 2.05) is 37.3 Å². The van der Waals surface area contributed by atoms with Crippen molar-refractivity contribution in [2.24, 2.45) is 0 Å². The van der Waals surface area contributed by atoms with Crippen LogP contribution < -0.4 is 5.32 Å². The molecule has 0 radical (unpaired) electrons. The second-order valence-corrected chi connectivity index (χ2v) is 7.85. The number of rotatable bonds is 5. The summed E-state index contributed by atoms with van der Waals surface area (Å²) in [7, 11) is 0. The van der Waals surface area contributed by atoms with Gasteiger partial charge in [-0.15, -0.1) is 0 Å². The van der Waals surface area contributed by atoms with Crippen molar-refractivity contribution in [2.75, 3.05) is 11.9 Å². The molecule has 1 N–H and O–H groups in total. The molecule has 146 valence electrons. The quantitative estimate of drug-likeness (QED) is 0.585. The number of hydrogen-bond donors (Lipinski definition) is 1. The lowest BCUT2D eigenvalue weighted by Crippen LogP contribution is -2.31. The fraction of sp³-hybridized carbons (Fsp3) is 0.182. The summed E-state index contributed by atoms with van der Waals surface area (Å²) in [5, 5.41) is 3.84. The van der Waals surface area contributed by atoms with Crippen LogP contribution in [-0.2, 0) is 4.79 Å². The van der Waals surface area contributed by atoms with E-state index in [1.54, 1.807) is 18.2 Å². The maximum absolute atomic E-state index is 12.5. The summed E-state index contributed by atoms with van der Waals surface area (Å²) in [6.45, 7) is 2.10. The molecule has 1 aliphatic heterocycles. The maximum atomic E-state index is 12.5. The van der Waals surface area contributed by atoms with Crippen molar-refractivity contribution in [1.29, 1.82) is 0 Å². The number of carbonyl (C=O) groups is 3. The van der Waals surface area contributed by atoms with Crippen LogP contribution in [0.25, 0.3) is 10.9 Å². The molecular formula is C22H18BrN3O3. The SMILES string of the molecule is Cc1ccc2cccc(NC(=O)CCCN3C(=O)c4ccc(Br)cc4C3=O)c2n1. The molecule has 0 aliphatic carbocycles. The second kappa shape index (κ2) is 7.75. The summed E-state index contributed by atoms with van der Waals surface area (Å²) in [6.07, 6.45) is 0.578. The maximum Gasteiger partial charge on any atom is 0.261 e. The van der Waals surface area contributed by atoms with Crippen molar-refractivity contribution < 1.29 is 14.4 Å². The van der Waals surface area contributed by atoms with Crippen LogP contribution in [0.4, 0.5) is 5.69 Å². The molecule has 0 spiro atoms. The van der Waals surface area contributed by atoms with Gasteiger partial charge in [0.25, 0.3) is 11.8 Å². The summed E-state index contributed by atoms with van der Waals surface area (Å²) in [5.41, 5.74) is 3.07. The van der Waals surface area contributed by atoms with Gasteiger partial charge in [0.15, 0.2) is 0 Å². The summed E-state index contributed by atoms with van der Waals surface area (Å²) < 4.78 is 0.748. The van der Waals surface area contributed by atoms with Crippen LogP contribution in [-0.4, -0.2) is 34.2 Å². The smallest absolute Gasteiger partial charge is 0.261 e. The summed E-state index contributed by atoms with van der Waals surface area (Å²) in [4.78, 5) is 43.0. The number of nitrogens with zero attached hydrogens (tertiary/aromatic N) is 2. The predicted octanol–water partition coefficient (Wildman–Crippen LogP) is 4.32. The first-order valence-corrected chi connectivity index (χ1v) is 10.1. The molecule has 4 rings (SSSR count). The Morgan fingerprint density at radius 2 is 1.86 bits per heavy atom. The first-order chi connectivity index (χ1) is 13.9. The number of aryl methyl sites for hydroxylation is 1. The van der Waals surface area contributed by atoms with Gasteiger partial charge in [-0.1, -0.05) is 34.1 Å². The Morgan fingerprint density at radius 3 is 2.69 bits per heavy atom. The highest BCUT2D eigenvalue weighted by Gasteiger charge is 2.35. The zero-order chi connectivity index (χ0) is 20.5. The van der Waals surface area contributed by atoms with E-state index in [2.05, 4.69) is 26.2 Å². The van der Waals surface area contributed by atoms with Gasteiger partial charge in [0.1, 0.15) is 0 Å². The van der Waals surface area contributed by atoms with Crippen LogP contribution in [0.1, 0.15) is 39.3 Å². The number of benzene rings is 2. The average Bonchev–Trinajstić information content (AvgIpc) is 2.92. The number of aromatic nitrogens is 1. The van der Waals surface area contributed by atoms with E-state index in [0.717, 1.165) is 21.1 Å². The molecule has 0 unspecified atom stereocenters. The molecule has 0 saturated heterocycles. The van der Waals surface area contributed by atoms with E-state index >= 15 is 0 Å². The van der Waals surface area contributed by atoms with Gasteiger partial charge in [0, 0.05) is 28.5 Å². The van der Waals surface area contributed by atoms with E-state index in [-0.39, 0.29) is 30.7 Å². The summed E-state index contributed by atoms with van der Waals surface area (Å²) in [6, 6.07) is 14.5. The number of amides is 3. The van der Waals surface area contributed by atoms with E-state index < -0.39 is 0 Å². The standard InChI is InChI=1S/C22H18BrN3O3/c1-13-7-8-14-4-2-5-18(20(14)24-13)25-19(27)6-3-11-26-21(28)16-10-9-15(23)12-17(16)22(26)29/h2,4-5,7-10,12H,3,6,11H2,1H3,(H,25,27). The minimum atomic E-state index is -0.319. The number of fused-ring (bicyclic) bond motifs is 2. The summed E-state index contributed by atoms with van der Waals surface area (Å²) in [5.74, 6) is -0.813. The van der Waals surface area contributed by atoms with Crippen LogP contribution in [0.5, 0.6) is 0 Å². The highest BCUT2D eigenvalue weighted by atomic mass is 79.9. The molecule has 6 nitrogen and oxygen atoms in total. The largest absolute Gasteiger partial charge is 0.324 e. The zero-order valence-electron chi connectivity index (χ0n) is 15.7. The van der Waals surface area contributed by atoms with Crippen molar-refractivity contribution in [3.05, 3.63) is 69.8 Å². The number of pyridine rings is 1. The first kappa shape index (κ1) is 19.3. The van der Waals surface area contributed by atoms with Crippen molar-refractivity contribution >= 4 is 50.2 Å². The molecule has 29 heavy (non-hydrogen) atoms. The van der Waals surface area contributed by atoms with E-state index in [0.29, 0.717) is 23.2 Å². The summed E-state index contributed by atoms with van der Waals surface area (Å²) >= 11 is 3.32. The second-order valence-electron chi connectivity index (χ2n) is 6.93. The van der Waals surface area contributed by atoms with Crippen molar-refractivity contribution in [3.8, 4) is 0 Å². The lowest BCUT2D eigenvalue weighted by molar-refractivity contribution is -0.116. The van der Waals surface area contributed by atoms with Crippen LogP contribution >= 0.6 is 15.9 Å². The van der Waals surface area contributed by atoms with Gasteiger partial charge < -0.3 is 5.32 Å². The van der Waals surface area contributed by atoms with Crippen LogP contribution in [0, 0.1) is 6.92 Å². The Balaban J connectivity index is 1.38. The van der Waals surface area contributed by atoms with Crippen LogP contribution in [0.2, 0.25) is 0 Å². The lowest BCUT2D eigenvalue weighted by atomic mass is 10.1. The number of imide groups is 1. The van der Waals surface area contributed by atoms with Gasteiger partial charge in [0.05, 0.1) is 22.3 Å². The molecule has 0 saturated carbocycles. The van der Waals surface area contributed by atoms with Crippen LogP contribution in [0.3, 0.4) is 0 Å². The molecule has 2 heterocycles. The van der Waals surface area contributed by atoms with E-state index in [1.165, 1.54) is 4.90 Å². The minimum absolute atomic E-state index is 0.180.